The van der Waals surface area contributed by atoms with E-state index in [1.54, 1.807) is 0 Å². The minimum absolute atomic E-state index is 0.422. The lowest BCUT2D eigenvalue weighted by atomic mass is 9.95. The van der Waals surface area contributed by atoms with E-state index in [0.29, 0.717) is 19.3 Å². The Morgan fingerprint density at radius 2 is 1.75 bits per heavy atom. The maximum Gasteiger partial charge on any atom is 0.416 e. The molecule has 0 aliphatic carbocycles. The van der Waals surface area contributed by atoms with Gasteiger partial charge in [-0.15, -0.1) is 0 Å². The molecule has 0 fully saturated rings. The van der Waals surface area contributed by atoms with E-state index in [0.717, 1.165) is 34.4 Å². The van der Waals surface area contributed by atoms with Gasteiger partial charge in [0.25, 0.3) is 0 Å². The van der Waals surface area contributed by atoms with E-state index < -0.39 is 11.7 Å². The van der Waals surface area contributed by atoms with Crippen LogP contribution >= 0.6 is 0 Å². The topological polar surface area (TPSA) is 23.8 Å². The Bertz CT molecular complexity index is 750. The molecule has 2 rings (SSSR count). The number of hydrogen-bond acceptors (Lipinski definition) is 1. The molecule has 24 heavy (non-hydrogen) atoms. The Morgan fingerprint density at radius 1 is 1.08 bits per heavy atom. The molecule has 0 spiro atoms. The normalized spacial score (nSPS) is 12.0. The van der Waals surface area contributed by atoms with Crippen molar-refractivity contribution in [2.24, 2.45) is 0 Å². The van der Waals surface area contributed by atoms with Crippen molar-refractivity contribution < 1.29 is 13.2 Å². The highest BCUT2D eigenvalue weighted by Gasteiger charge is 2.30. The third-order valence-electron chi connectivity index (χ3n) is 3.84. The number of halogens is 3. The van der Waals surface area contributed by atoms with Crippen molar-refractivity contribution in [3.05, 3.63) is 70.8 Å². The van der Waals surface area contributed by atoms with Crippen LogP contribution in [0.1, 0.15) is 41.5 Å². The van der Waals surface area contributed by atoms with Gasteiger partial charge in [-0.2, -0.15) is 18.4 Å². The van der Waals surface area contributed by atoms with Gasteiger partial charge >= 0.3 is 6.18 Å². The Morgan fingerprint density at radius 3 is 2.33 bits per heavy atom. The van der Waals surface area contributed by atoms with Gasteiger partial charge in [0.1, 0.15) is 0 Å². The third-order valence-corrected chi connectivity index (χ3v) is 3.84. The zero-order valence-corrected chi connectivity index (χ0v) is 13.4. The van der Waals surface area contributed by atoms with Crippen LogP contribution < -0.4 is 0 Å². The molecule has 0 radical (unpaired) electrons. The summed E-state index contributed by atoms with van der Waals surface area (Å²) < 4.78 is 38.2. The smallest absolute Gasteiger partial charge is 0.198 e. The highest BCUT2D eigenvalue weighted by Crippen LogP contribution is 2.31. The lowest BCUT2D eigenvalue weighted by Gasteiger charge is -2.11. The maximum atomic E-state index is 12.7. The summed E-state index contributed by atoms with van der Waals surface area (Å²) in [5.74, 6) is 0. The van der Waals surface area contributed by atoms with Crippen LogP contribution in [-0.4, -0.2) is 0 Å². The van der Waals surface area contributed by atoms with Crippen molar-refractivity contribution >= 4 is 11.6 Å². The molecular formula is C20H18F3N. The Balaban J connectivity index is 2.36. The molecule has 0 saturated carbocycles. The largest absolute Gasteiger partial charge is 0.416 e. The molecule has 0 heterocycles. The van der Waals surface area contributed by atoms with Gasteiger partial charge < -0.3 is 0 Å². The fraction of sp³-hybridized carbons (Fsp3) is 0.250. The summed E-state index contributed by atoms with van der Waals surface area (Å²) in [5.41, 5.74) is 3.17. The quantitative estimate of drug-likeness (QED) is 0.470. The van der Waals surface area contributed by atoms with Gasteiger partial charge in [-0.1, -0.05) is 42.5 Å². The van der Waals surface area contributed by atoms with Gasteiger partial charge in [0.05, 0.1) is 11.6 Å². The second kappa shape index (κ2) is 7.83. The SMILES string of the molecule is Cc1ccccc1/C=C(\CCCC#N)c1ccc(C(F)(F)F)cc1. The first-order chi connectivity index (χ1) is 11.4. The van der Waals surface area contributed by atoms with Gasteiger partial charge in [-0.05, 0) is 54.2 Å². The van der Waals surface area contributed by atoms with E-state index in [1.807, 2.05) is 37.3 Å². The van der Waals surface area contributed by atoms with Crippen LogP contribution in [0.15, 0.2) is 48.5 Å². The maximum absolute atomic E-state index is 12.7. The summed E-state index contributed by atoms with van der Waals surface area (Å²) in [6, 6.07) is 15.1. The van der Waals surface area contributed by atoms with Crippen LogP contribution in [0.25, 0.3) is 11.6 Å². The van der Waals surface area contributed by atoms with Crippen molar-refractivity contribution in [2.45, 2.75) is 32.4 Å². The molecule has 0 bridgehead atoms. The molecule has 1 nitrogen and oxygen atoms in total. The molecule has 0 unspecified atom stereocenters. The first kappa shape index (κ1) is 17.8. The highest BCUT2D eigenvalue weighted by molar-refractivity contribution is 5.82. The fourth-order valence-corrected chi connectivity index (χ4v) is 2.47. The molecule has 0 saturated heterocycles. The molecule has 124 valence electrons. The van der Waals surface area contributed by atoms with Gasteiger partial charge in [0, 0.05) is 6.42 Å². The average molecular weight is 329 g/mol. The number of nitriles is 1. The standard InChI is InChI=1S/C20H18F3N/c1-15-6-2-3-7-17(15)14-18(8-4-5-13-24)16-9-11-19(12-10-16)20(21,22)23/h2-3,6-7,9-12,14H,4-5,8H2,1H3/b18-14+. The van der Waals surface area contributed by atoms with E-state index in [1.165, 1.54) is 12.1 Å². The monoisotopic (exact) mass is 329 g/mol. The zero-order valence-electron chi connectivity index (χ0n) is 13.4. The molecule has 4 heteroatoms. The van der Waals surface area contributed by atoms with Crippen LogP contribution in [0, 0.1) is 18.3 Å². The number of alkyl halides is 3. The number of unbranched alkanes of at least 4 members (excludes halogenated alkanes) is 1. The lowest BCUT2D eigenvalue weighted by molar-refractivity contribution is -0.137. The number of nitrogens with zero attached hydrogens (tertiary/aromatic N) is 1. The van der Waals surface area contributed by atoms with Crippen molar-refractivity contribution in [2.75, 3.05) is 0 Å². The van der Waals surface area contributed by atoms with E-state index in [9.17, 15) is 13.2 Å². The van der Waals surface area contributed by atoms with Crippen LogP contribution in [0.3, 0.4) is 0 Å². The minimum atomic E-state index is -4.33. The number of rotatable bonds is 5. The summed E-state index contributed by atoms with van der Waals surface area (Å²) in [7, 11) is 0. The molecule has 2 aromatic rings. The highest BCUT2D eigenvalue weighted by atomic mass is 19.4. The van der Waals surface area contributed by atoms with E-state index >= 15 is 0 Å². The van der Waals surface area contributed by atoms with Crippen LogP contribution in [0.4, 0.5) is 13.2 Å². The Labute approximate surface area is 140 Å². The van der Waals surface area contributed by atoms with E-state index in [4.69, 9.17) is 5.26 Å². The van der Waals surface area contributed by atoms with Crippen molar-refractivity contribution in [3.8, 4) is 6.07 Å². The van der Waals surface area contributed by atoms with Gasteiger partial charge in [-0.25, -0.2) is 0 Å². The summed E-state index contributed by atoms with van der Waals surface area (Å²) in [4.78, 5) is 0. The minimum Gasteiger partial charge on any atom is -0.198 e. The molecule has 0 amide bonds. The van der Waals surface area contributed by atoms with E-state index in [2.05, 4.69) is 6.07 Å². The molecule has 0 aliphatic heterocycles. The van der Waals surface area contributed by atoms with Gasteiger partial charge in [-0.3, -0.25) is 0 Å². The number of benzene rings is 2. The van der Waals surface area contributed by atoms with Gasteiger partial charge in [0.15, 0.2) is 0 Å². The molecule has 0 N–H and O–H groups in total. The van der Waals surface area contributed by atoms with Crippen LogP contribution in [0.2, 0.25) is 0 Å². The van der Waals surface area contributed by atoms with Crippen molar-refractivity contribution in [1.29, 1.82) is 5.26 Å². The first-order valence-electron chi connectivity index (χ1n) is 7.72. The number of hydrogen-bond donors (Lipinski definition) is 0. The molecular weight excluding hydrogens is 311 g/mol. The second-order valence-electron chi connectivity index (χ2n) is 5.61. The van der Waals surface area contributed by atoms with Crippen LogP contribution in [0.5, 0.6) is 0 Å². The third kappa shape index (κ3) is 4.73. The second-order valence-corrected chi connectivity index (χ2v) is 5.61. The Hall–Kier alpha value is -2.54. The number of allylic oxidation sites excluding steroid dienone is 1. The Kier molecular flexibility index (Phi) is 5.81. The summed E-state index contributed by atoms with van der Waals surface area (Å²) >= 11 is 0. The lowest BCUT2D eigenvalue weighted by Crippen LogP contribution is -2.04. The van der Waals surface area contributed by atoms with Gasteiger partial charge in [0.2, 0.25) is 0 Å². The predicted molar refractivity (Wildman–Crippen MR) is 90.0 cm³/mol. The molecule has 0 aromatic heterocycles. The van der Waals surface area contributed by atoms with Crippen LogP contribution in [-0.2, 0) is 6.18 Å². The summed E-state index contributed by atoms with van der Waals surface area (Å²) in [6.45, 7) is 1.99. The summed E-state index contributed by atoms with van der Waals surface area (Å²) in [6.07, 6.45) is -0.594. The number of aryl methyl sites for hydroxylation is 1. The van der Waals surface area contributed by atoms with E-state index in [-0.39, 0.29) is 0 Å². The predicted octanol–water partition coefficient (Wildman–Crippen LogP) is 6.25. The molecule has 0 atom stereocenters. The van der Waals surface area contributed by atoms with Crippen molar-refractivity contribution in [1.82, 2.24) is 0 Å². The average Bonchev–Trinajstić information content (AvgIpc) is 2.55. The zero-order chi connectivity index (χ0) is 17.6. The first-order valence-corrected chi connectivity index (χ1v) is 7.72. The molecule has 0 aliphatic rings. The van der Waals surface area contributed by atoms with Crippen molar-refractivity contribution in [3.63, 3.8) is 0 Å². The summed E-state index contributed by atoms with van der Waals surface area (Å²) in [5, 5.41) is 8.72. The fourth-order valence-electron chi connectivity index (χ4n) is 2.47. The molecule has 2 aromatic carbocycles.